The highest BCUT2D eigenvalue weighted by molar-refractivity contribution is 5.74. The predicted molar refractivity (Wildman–Crippen MR) is 102 cm³/mol. The number of carbonyl (C=O) groups is 2. The Labute approximate surface area is 158 Å². The Balaban J connectivity index is 1.57. The summed E-state index contributed by atoms with van der Waals surface area (Å²) < 4.78 is 1.89. The summed E-state index contributed by atoms with van der Waals surface area (Å²) in [5.41, 5.74) is 3.92. The van der Waals surface area contributed by atoms with E-state index in [0.29, 0.717) is 32.2 Å². The van der Waals surface area contributed by atoms with E-state index in [-0.39, 0.29) is 18.0 Å². The van der Waals surface area contributed by atoms with Crippen molar-refractivity contribution in [3.63, 3.8) is 0 Å². The number of aliphatic carboxylic acids is 1. The second kappa shape index (κ2) is 8.24. The molecule has 7 nitrogen and oxygen atoms in total. The summed E-state index contributed by atoms with van der Waals surface area (Å²) in [5, 5.41) is 19.4. The molecule has 27 heavy (non-hydrogen) atoms. The molecule has 144 valence electrons. The Hall–Kier alpha value is -2.83. The van der Waals surface area contributed by atoms with Crippen molar-refractivity contribution in [2.75, 3.05) is 0 Å². The molecule has 1 aliphatic carbocycles. The van der Waals surface area contributed by atoms with Crippen molar-refractivity contribution in [2.24, 2.45) is 5.92 Å². The van der Waals surface area contributed by atoms with Gasteiger partial charge in [-0.25, -0.2) is 9.48 Å². The molecule has 1 aromatic carbocycles. The molecule has 3 rings (SSSR count). The fourth-order valence-corrected chi connectivity index (χ4v) is 3.64. The Bertz CT molecular complexity index is 822. The fourth-order valence-electron chi connectivity index (χ4n) is 3.64. The molecule has 2 aromatic rings. The Morgan fingerprint density at radius 3 is 2.52 bits per heavy atom. The van der Waals surface area contributed by atoms with Crippen LogP contribution in [0, 0.1) is 19.8 Å². The monoisotopic (exact) mass is 370 g/mol. The number of amides is 2. The number of carboxylic acid groups (broad SMARTS) is 1. The summed E-state index contributed by atoms with van der Waals surface area (Å²) in [6.07, 6.45) is 2.63. The van der Waals surface area contributed by atoms with E-state index in [1.807, 2.05) is 48.9 Å². The van der Waals surface area contributed by atoms with Gasteiger partial charge in [0.25, 0.3) is 0 Å². The molecule has 0 aliphatic heterocycles. The smallest absolute Gasteiger partial charge is 0.315 e. The molecule has 0 atom stereocenters. The molecule has 2 amide bonds. The standard InChI is InChI=1S/C20H26N4O3/c1-13-11-14(2)24(23-13)18-6-4-3-5-16(18)12-21-20(27)22-17-9-7-15(8-10-17)19(25)26/h3-6,11,15,17H,7-10,12H2,1-2H3,(H,25,26)(H2,21,22,27). The first-order chi connectivity index (χ1) is 12.9. The van der Waals surface area contributed by atoms with E-state index in [2.05, 4.69) is 15.7 Å². The summed E-state index contributed by atoms with van der Waals surface area (Å²) in [5.74, 6) is -1.02. The highest BCUT2D eigenvalue weighted by Crippen LogP contribution is 2.24. The van der Waals surface area contributed by atoms with Crippen molar-refractivity contribution in [1.82, 2.24) is 20.4 Å². The van der Waals surface area contributed by atoms with Gasteiger partial charge in [0.15, 0.2) is 0 Å². The van der Waals surface area contributed by atoms with Crippen molar-refractivity contribution in [3.05, 3.63) is 47.3 Å². The number of para-hydroxylation sites is 1. The first kappa shape index (κ1) is 18.9. The maximum Gasteiger partial charge on any atom is 0.315 e. The predicted octanol–water partition coefficient (Wildman–Crippen LogP) is 2.93. The maximum atomic E-state index is 12.3. The van der Waals surface area contributed by atoms with Gasteiger partial charge in [0, 0.05) is 18.3 Å². The van der Waals surface area contributed by atoms with Crippen LogP contribution in [0.15, 0.2) is 30.3 Å². The van der Waals surface area contributed by atoms with Crippen molar-refractivity contribution in [3.8, 4) is 5.69 Å². The summed E-state index contributed by atoms with van der Waals surface area (Å²) in [6, 6.07) is 9.69. The first-order valence-corrected chi connectivity index (χ1v) is 9.32. The molecule has 7 heteroatoms. The van der Waals surface area contributed by atoms with Gasteiger partial charge in [0.05, 0.1) is 17.3 Å². The molecule has 0 unspecified atom stereocenters. The van der Waals surface area contributed by atoms with Gasteiger partial charge in [-0.15, -0.1) is 0 Å². The number of rotatable bonds is 5. The van der Waals surface area contributed by atoms with Crippen molar-refractivity contribution in [2.45, 2.75) is 52.1 Å². The van der Waals surface area contributed by atoms with E-state index in [0.717, 1.165) is 22.6 Å². The van der Waals surface area contributed by atoms with Gasteiger partial charge < -0.3 is 15.7 Å². The number of hydrogen-bond acceptors (Lipinski definition) is 3. The van der Waals surface area contributed by atoms with E-state index >= 15 is 0 Å². The molecule has 1 aromatic heterocycles. The lowest BCUT2D eigenvalue weighted by atomic mass is 9.86. The van der Waals surface area contributed by atoms with Crippen LogP contribution in [0.4, 0.5) is 4.79 Å². The van der Waals surface area contributed by atoms with E-state index in [1.165, 1.54) is 0 Å². The molecule has 0 bridgehead atoms. The third-order valence-electron chi connectivity index (χ3n) is 5.08. The quantitative estimate of drug-likeness (QED) is 0.754. The summed E-state index contributed by atoms with van der Waals surface area (Å²) in [4.78, 5) is 23.3. The number of aromatic nitrogens is 2. The maximum absolute atomic E-state index is 12.3. The zero-order chi connectivity index (χ0) is 19.4. The molecular formula is C20H26N4O3. The van der Waals surface area contributed by atoms with Gasteiger partial charge in [-0.1, -0.05) is 18.2 Å². The van der Waals surface area contributed by atoms with Gasteiger partial charge in [-0.2, -0.15) is 5.10 Å². The SMILES string of the molecule is Cc1cc(C)n(-c2ccccc2CNC(=O)NC2CCC(C(=O)O)CC2)n1. The largest absolute Gasteiger partial charge is 0.481 e. The highest BCUT2D eigenvalue weighted by Gasteiger charge is 2.26. The van der Waals surface area contributed by atoms with Crippen LogP contribution >= 0.6 is 0 Å². The second-order valence-electron chi connectivity index (χ2n) is 7.18. The van der Waals surface area contributed by atoms with Crippen LogP contribution in [0.5, 0.6) is 0 Å². The zero-order valence-electron chi connectivity index (χ0n) is 15.7. The van der Waals surface area contributed by atoms with Crippen molar-refractivity contribution >= 4 is 12.0 Å². The second-order valence-corrected chi connectivity index (χ2v) is 7.18. The van der Waals surface area contributed by atoms with Crippen LogP contribution in [0.3, 0.4) is 0 Å². The van der Waals surface area contributed by atoms with Crippen LogP contribution < -0.4 is 10.6 Å². The fraction of sp³-hybridized carbons (Fsp3) is 0.450. The average molecular weight is 370 g/mol. The van der Waals surface area contributed by atoms with Crippen LogP contribution in [0.2, 0.25) is 0 Å². The van der Waals surface area contributed by atoms with Crippen LogP contribution in [0.1, 0.15) is 42.6 Å². The van der Waals surface area contributed by atoms with Crippen molar-refractivity contribution < 1.29 is 14.7 Å². The van der Waals surface area contributed by atoms with E-state index in [9.17, 15) is 9.59 Å². The number of hydrogen-bond donors (Lipinski definition) is 3. The molecule has 1 heterocycles. The van der Waals surface area contributed by atoms with Gasteiger partial charge in [-0.3, -0.25) is 4.79 Å². The third-order valence-corrected chi connectivity index (χ3v) is 5.08. The Morgan fingerprint density at radius 1 is 1.19 bits per heavy atom. The molecule has 0 spiro atoms. The Morgan fingerprint density at radius 2 is 1.89 bits per heavy atom. The number of carboxylic acids is 1. The highest BCUT2D eigenvalue weighted by atomic mass is 16.4. The van der Waals surface area contributed by atoms with Crippen LogP contribution in [-0.2, 0) is 11.3 Å². The molecule has 0 saturated heterocycles. The number of aryl methyl sites for hydroxylation is 2. The topological polar surface area (TPSA) is 96.2 Å². The molecule has 0 radical (unpaired) electrons. The van der Waals surface area contributed by atoms with Crippen molar-refractivity contribution in [1.29, 1.82) is 0 Å². The lowest BCUT2D eigenvalue weighted by molar-refractivity contribution is -0.142. The number of carbonyl (C=O) groups excluding carboxylic acids is 1. The summed E-state index contributed by atoms with van der Waals surface area (Å²) in [6.45, 7) is 4.35. The van der Waals surface area contributed by atoms with Gasteiger partial charge >= 0.3 is 12.0 Å². The summed E-state index contributed by atoms with van der Waals surface area (Å²) >= 11 is 0. The lowest BCUT2D eigenvalue weighted by Gasteiger charge is -2.26. The Kier molecular flexibility index (Phi) is 5.78. The van der Waals surface area contributed by atoms with Gasteiger partial charge in [-0.05, 0) is 57.2 Å². The van der Waals surface area contributed by atoms with Gasteiger partial charge in [0.2, 0.25) is 0 Å². The minimum absolute atomic E-state index is 0.0341. The van der Waals surface area contributed by atoms with E-state index in [1.54, 1.807) is 0 Å². The minimum atomic E-state index is -0.737. The molecule has 1 fully saturated rings. The summed E-state index contributed by atoms with van der Waals surface area (Å²) in [7, 11) is 0. The van der Waals surface area contributed by atoms with Crippen LogP contribution in [-0.4, -0.2) is 32.9 Å². The molecular weight excluding hydrogens is 344 g/mol. The van der Waals surface area contributed by atoms with E-state index < -0.39 is 5.97 Å². The molecule has 3 N–H and O–H groups in total. The number of benzene rings is 1. The normalized spacial score (nSPS) is 19.5. The van der Waals surface area contributed by atoms with Crippen LogP contribution in [0.25, 0.3) is 5.69 Å². The number of nitrogens with zero attached hydrogens (tertiary/aromatic N) is 2. The number of nitrogens with one attached hydrogen (secondary N) is 2. The molecule has 1 saturated carbocycles. The lowest BCUT2D eigenvalue weighted by Crippen LogP contribution is -2.44. The minimum Gasteiger partial charge on any atom is -0.481 e. The number of urea groups is 1. The zero-order valence-corrected chi connectivity index (χ0v) is 15.7. The average Bonchev–Trinajstić information content (AvgIpc) is 2.98. The van der Waals surface area contributed by atoms with Gasteiger partial charge in [0.1, 0.15) is 0 Å². The van der Waals surface area contributed by atoms with E-state index in [4.69, 9.17) is 5.11 Å². The third kappa shape index (κ3) is 4.67. The first-order valence-electron chi connectivity index (χ1n) is 9.32. The molecule has 1 aliphatic rings.